The lowest BCUT2D eigenvalue weighted by atomic mass is 10.1. The van der Waals surface area contributed by atoms with E-state index >= 15 is 0 Å². The molecule has 0 aromatic heterocycles. The molecule has 8 heteroatoms. The van der Waals surface area contributed by atoms with Crippen LogP contribution in [-0.4, -0.2) is 33.7 Å². The number of nitrogens with one attached hydrogen (secondary N) is 1. The normalized spacial score (nSPS) is 11.1. The minimum atomic E-state index is -3.59. The first-order valence-corrected chi connectivity index (χ1v) is 9.00. The minimum absolute atomic E-state index is 0.0721. The third-order valence-electron chi connectivity index (χ3n) is 3.53. The van der Waals surface area contributed by atoms with Gasteiger partial charge in [-0.1, -0.05) is 18.2 Å². The van der Waals surface area contributed by atoms with Crippen molar-refractivity contribution in [3.05, 3.63) is 59.2 Å². The number of carboxylic acid groups (broad SMARTS) is 1. The minimum Gasteiger partial charge on any atom is -0.497 e. The molecule has 0 radical (unpaired) electrons. The van der Waals surface area contributed by atoms with Crippen molar-refractivity contribution < 1.29 is 27.8 Å². The number of sulfonamides is 1. The van der Waals surface area contributed by atoms with Crippen LogP contribution in [0.25, 0.3) is 0 Å². The molecule has 0 aliphatic carbocycles. The smallest absolute Gasteiger partial charge is 0.335 e. The number of ether oxygens (including phenoxy) is 2. The number of benzene rings is 2. The molecule has 0 bridgehead atoms. The van der Waals surface area contributed by atoms with Crippen LogP contribution in [0, 0.1) is 0 Å². The van der Waals surface area contributed by atoms with Crippen LogP contribution in [0.5, 0.6) is 11.5 Å². The van der Waals surface area contributed by atoms with E-state index in [4.69, 9.17) is 14.6 Å². The van der Waals surface area contributed by atoms with Crippen molar-refractivity contribution in [2.75, 3.05) is 14.2 Å². The Bertz CT molecular complexity index is 846. The summed E-state index contributed by atoms with van der Waals surface area (Å²) in [7, 11) is -0.560. The molecule has 2 N–H and O–H groups in total. The van der Waals surface area contributed by atoms with Gasteiger partial charge in [-0.25, -0.2) is 17.9 Å². The molecule has 2 aromatic carbocycles. The third-order valence-corrected chi connectivity index (χ3v) is 4.83. The molecule has 0 amide bonds. The lowest BCUT2D eigenvalue weighted by Gasteiger charge is -2.12. The number of methoxy groups -OCH3 is 2. The van der Waals surface area contributed by atoms with E-state index in [0.717, 1.165) is 0 Å². The van der Waals surface area contributed by atoms with Gasteiger partial charge in [-0.05, 0) is 23.8 Å². The SMILES string of the molecule is COc1ccc(CNS(=O)(=O)Cc2ccc(C(=O)O)cc2)c(OC)c1. The first kappa shape index (κ1) is 18.8. The molecule has 0 fully saturated rings. The summed E-state index contributed by atoms with van der Waals surface area (Å²) in [5.41, 5.74) is 1.28. The van der Waals surface area contributed by atoms with E-state index in [0.29, 0.717) is 22.6 Å². The van der Waals surface area contributed by atoms with Crippen LogP contribution in [-0.2, 0) is 22.3 Å². The van der Waals surface area contributed by atoms with Crippen molar-refractivity contribution in [3.63, 3.8) is 0 Å². The summed E-state index contributed by atoms with van der Waals surface area (Å²) in [5.74, 6) is -0.167. The van der Waals surface area contributed by atoms with E-state index in [-0.39, 0.29) is 17.9 Å². The third kappa shape index (κ3) is 5.20. The molecule has 0 saturated carbocycles. The van der Waals surface area contributed by atoms with Gasteiger partial charge in [0.2, 0.25) is 10.0 Å². The van der Waals surface area contributed by atoms with Crippen molar-refractivity contribution in [1.29, 1.82) is 0 Å². The Morgan fingerprint density at radius 3 is 2.32 bits per heavy atom. The molecule has 0 saturated heterocycles. The maximum Gasteiger partial charge on any atom is 0.335 e. The van der Waals surface area contributed by atoms with Crippen LogP contribution in [0.15, 0.2) is 42.5 Å². The Hall–Kier alpha value is -2.58. The number of carboxylic acids is 1. The van der Waals surface area contributed by atoms with E-state index in [9.17, 15) is 13.2 Å². The Labute approximate surface area is 146 Å². The number of hydrogen-bond donors (Lipinski definition) is 2. The molecular formula is C17H19NO6S. The lowest BCUT2D eigenvalue weighted by molar-refractivity contribution is 0.0697. The number of aromatic carboxylic acids is 1. The molecule has 0 aliphatic heterocycles. The Kier molecular flexibility index (Phi) is 6.00. The van der Waals surface area contributed by atoms with E-state index in [1.165, 1.54) is 38.5 Å². The highest BCUT2D eigenvalue weighted by atomic mass is 32.2. The molecule has 0 unspecified atom stereocenters. The zero-order valence-electron chi connectivity index (χ0n) is 13.9. The number of carbonyl (C=O) groups is 1. The highest BCUT2D eigenvalue weighted by Crippen LogP contribution is 2.24. The number of hydrogen-bond acceptors (Lipinski definition) is 5. The number of rotatable bonds is 8. The van der Waals surface area contributed by atoms with E-state index < -0.39 is 16.0 Å². The van der Waals surface area contributed by atoms with Crippen molar-refractivity contribution in [2.24, 2.45) is 0 Å². The first-order chi connectivity index (χ1) is 11.8. The molecule has 0 heterocycles. The maximum absolute atomic E-state index is 12.2. The molecule has 25 heavy (non-hydrogen) atoms. The summed E-state index contributed by atoms with van der Waals surface area (Å²) in [6.45, 7) is 0.0721. The molecule has 2 rings (SSSR count). The summed E-state index contributed by atoms with van der Waals surface area (Å²) in [6.07, 6.45) is 0. The van der Waals surface area contributed by atoms with Crippen molar-refractivity contribution >= 4 is 16.0 Å². The molecule has 0 atom stereocenters. The summed E-state index contributed by atoms with van der Waals surface area (Å²) >= 11 is 0. The van der Waals surface area contributed by atoms with Gasteiger partial charge in [-0.3, -0.25) is 0 Å². The van der Waals surface area contributed by atoms with Crippen LogP contribution in [0.2, 0.25) is 0 Å². The fourth-order valence-corrected chi connectivity index (χ4v) is 3.31. The Balaban J connectivity index is 2.05. The van der Waals surface area contributed by atoms with Gasteiger partial charge in [0.15, 0.2) is 0 Å². The molecule has 2 aromatic rings. The maximum atomic E-state index is 12.2. The van der Waals surface area contributed by atoms with Gasteiger partial charge in [0.1, 0.15) is 11.5 Å². The Morgan fingerprint density at radius 2 is 1.76 bits per heavy atom. The average Bonchev–Trinajstić information content (AvgIpc) is 2.60. The van der Waals surface area contributed by atoms with E-state index in [1.807, 2.05) is 0 Å². The van der Waals surface area contributed by atoms with E-state index in [2.05, 4.69) is 4.72 Å². The lowest BCUT2D eigenvalue weighted by Crippen LogP contribution is -2.25. The fraction of sp³-hybridized carbons (Fsp3) is 0.235. The van der Waals surface area contributed by atoms with Crippen LogP contribution in [0.1, 0.15) is 21.5 Å². The van der Waals surface area contributed by atoms with Crippen molar-refractivity contribution in [3.8, 4) is 11.5 Å². The Morgan fingerprint density at radius 1 is 1.08 bits per heavy atom. The van der Waals surface area contributed by atoms with Gasteiger partial charge in [0.25, 0.3) is 0 Å². The van der Waals surface area contributed by atoms with Gasteiger partial charge in [-0.2, -0.15) is 0 Å². The summed E-state index contributed by atoms with van der Waals surface area (Å²) in [4.78, 5) is 10.8. The molecule has 0 spiro atoms. The molecule has 7 nitrogen and oxygen atoms in total. The van der Waals surface area contributed by atoms with Crippen LogP contribution in [0.3, 0.4) is 0 Å². The van der Waals surface area contributed by atoms with Gasteiger partial charge < -0.3 is 14.6 Å². The first-order valence-electron chi connectivity index (χ1n) is 7.35. The summed E-state index contributed by atoms with van der Waals surface area (Å²) in [5, 5.41) is 8.85. The predicted molar refractivity (Wildman–Crippen MR) is 92.4 cm³/mol. The van der Waals surface area contributed by atoms with Gasteiger partial charge >= 0.3 is 5.97 Å². The van der Waals surface area contributed by atoms with Gasteiger partial charge in [0, 0.05) is 18.2 Å². The van der Waals surface area contributed by atoms with Crippen LogP contribution >= 0.6 is 0 Å². The topological polar surface area (TPSA) is 102 Å². The summed E-state index contributed by atoms with van der Waals surface area (Å²) in [6, 6.07) is 10.8. The quantitative estimate of drug-likeness (QED) is 0.742. The second-order valence-corrected chi connectivity index (χ2v) is 7.07. The van der Waals surface area contributed by atoms with Gasteiger partial charge in [-0.15, -0.1) is 0 Å². The van der Waals surface area contributed by atoms with Crippen LogP contribution in [0.4, 0.5) is 0 Å². The highest BCUT2D eigenvalue weighted by Gasteiger charge is 2.14. The summed E-state index contributed by atoms with van der Waals surface area (Å²) < 4.78 is 37.3. The standard InChI is InChI=1S/C17H19NO6S/c1-23-15-8-7-14(16(9-15)24-2)10-18-25(21,22)11-12-3-5-13(6-4-12)17(19)20/h3-9,18H,10-11H2,1-2H3,(H,19,20). The molecule has 134 valence electrons. The van der Waals surface area contributed by atoms with Crippen molar-refractivity contribution in [2.45, 2.75) is 12.3 Å². The average molecular weight is 365 g/mol. The fourth-order valence-electron chi connectivity index (χ4n) is 2.20. The zero-order chi connectivity index (χ0) is 18.4. The molecule has 0 aliphatic rings. The van der Waals surface area contributed by atoms with Crippen molar-refractivity contribution in [1.82, 2.24) is 4.72 Å². The second-order valence-electron chi connectivity index (χ2n) is 5.26. The molecular weight excluding hydrogens is 346 g/mol. The zero-order valence-corrected chi connectivity index (χ0v) is 14.7. The predicted octanol–water partition coefficient (Wildman–Crippen LogP) is 2.02. The second kappa shape index (κ2) is 8.00. The van der Waals surface area contributed by atoms with E-state index in [1.54, 1.807) is 18.2 Å². The van der Waals surface area contributed by atoms with Gasteiger partial charge in [0.05, 0.1) is 25.5 Å². The largest absolute Gasteiger partial charge is 0.497 e. The monoisotopic (exact) mass is 365 g/mol. The highest BCUT2D eigenvalue weighted by molar-refractivity contribution is 7.88. The van der Waals surface area contributed by atoms with Crippen LogP contribution < -0.4 is 14.2 Å².